The van der Waals surface area contributed by atoms with E-state index in [1.807, 2.05) is 0 Å². The van der Waals surface area contributed by atoms with Crippen molar-refractivity contribution >= 4 is 29.0 Å². The summed E-state index contributed by atoms with van der Waals surface area (Å²) in [5, 5.41) is 22.9. The number of alkyl halides is 2. The molecule has 0 aliphatic carbocycles. The zero-order valence-corrected chi connectivity index (χ0v) is 13.6. The normalized spacial score (nSPS) is 16.7. The van der Waals surface area contributed by atoms with Gasteiger partial charge in [-0.1, -0.05) is 18.2 Å². The van der Waals surface area contributed by atoms with E-state index in [1.165, 1.54) is 11.9 Å². The Kier molecular flexibility index (Phi) is 4.65. The van der Waals surface area contributed by atoms with Crippen LogP contribution in [0.25, 0.3) is 0 Å². The second-order valence-electron chi connectivity index (χ2n) is 5.65. The molecule has 1 aliphatic heterocycles. The standard InChI is InChI=1S/C16H15F2N5O3/c1-8-12(13(14(17)18)21-20-8)19-15(24)10-7-11(16(25)26)23(22-10)9-5-3-2-4-6-9/h2-6,11,14H,7H2,1H3,(H,19,24)(H,20,21)(H,25,26). The van der Waals surface area contributed by atoms with E-state index >= 15 is 0 Å². The second kappa shape index (κ2) is 6.90. The van der Waals surface area contributed by atoms with Gasteiger partial charge >= 0.3 is 5.97 Å². The van der Waals surface area contributed by atoms with Crippen LogP contribution in [-0.4, -0.2) is 38.9 Å². The number of aliphatic carboxylic acids is 1. The van der Waals surface area contributed by atoms with Gasteiger partial charge in [-0.25, -0.2) is 13.6 Å². The van der Waals surface area contributed by atoms with Crippen molar-refractivity contribution in [3.63, 3.8) is 0 Å². The number of rotatable bonds is 5. The first kappa shape index (κ1) is 17.5. The zero-order chi connectivity index (χ0) is 18.8. The number of halogens is 2. The third-order valence-corrected chi connectivity index (χ3v) is 3.90. The number of anilines is 2. The fourth-order valence-corrected chi connectivity index (χ4v) is 2.61. The topological polar surface area (TPSA) is 111 Å². The number of H-pyrrole nitrogens is 1. The molecule has 1 unspecified atom stereocenters. The number of amides is 1. The highest BCUT2D eigenvalue weighted by molar-refractivity contribution is 6.44. The highest BCUT2D eigenvalue weighted by atomic mass is 19.3. The van der Waals surface area contributed by atoms with Crippen LogP contribution in [0.3, 0.4) is 0 Å². The van der Waals surface area contributed by atoms with Crippen LogP contribution in [0.5, 0.6) is 0 Å². The van der Waals surface area contributed by atoms with Crippen molar-refractivity contribution in [2.24, 2.45) is 5.10 Å². The predicted octanol–water partition coefficient (Wildman–Crippen LogP) is 2.31. The molecule has 0 spiro atoms. The van der Waals surface area contributed by atoms with Crippen LogP contribution in [0.15, 0.2) is 35.4 Å². The van der Waals surface area contributed by atoms with Gasteiger partial charge in [0.05, 0.1) is 17.1 Å². The summed E-state index contributed by atoms with van der Waals surface area (Å²) >= 11 is 0. The van der Waals surface area contributed by atoms with Gasteiger partial charge in [0.15, 0.2) is 11.7 Å². The first-order valence-electron chi connectivity index (χ1n) is 7.67. The summed E-state index contributed by atoms with van der Waals surface area (Å²) in [5.41, 5.74) is 0.00126. The van der Waals surface area contributed by atoms with Gasteiger partial charge < -0.3 is 10.4 Å². The van der Waals surface area contributed by atoms with Crippen LogP contribution in [0.1, 0.15) is 24.2 Å². The number of benzene rings is 1. The SMILES string of the molecule is Cc1[nH]nc(C(F)F)c1NC(=O)C1=NN(c2ccccc2)C(C(=O)O)C1. The molecular weight excluding hydrogens is 348 g/mol. The first-order valence-corrected chi connectivity index (χ1v) is 7.67. The van der Waals surface area contributed by atoms with Gasteiger partial charge in [0.2, 0.25) is 0 Å². The Morgan fingerprint density at radius 1 is 1.35 bits per heavy atom. The predicted molar refractivity (Wildman–Crippen MR) is 89.3 cm³/mol. The number of nitrogens with zero attached hydrogens (tertiary/aromatic N) is 3. The Labute approximate surface area is 146 Å². The number of hydrogen-bond acceptors (Lipinski definition) is 5. The molecule has 3 N–H and O–H groups in total. The van der Waals surface area contributed by atoms with Crippen molar-refractivity contribution in [3.8, 4) is 0 Å². The lowest BCUT2D eigenvalue weighted by Crippen LogP contribution is -2.34. The number of carbonyl (C=O) groups excluding carboxylic acids is 1. The number of carbonyl (C=O) groups is 2. The van der Waals surface area contributed by atoms with E-state index in [4.69, 9.17) is 0 Å². The fourth-order valence-electron chi connectivity index (χ4n) is 2.61. The van der Waals surface area contributed by atoms with Gasteiger partial charge in [0, 0.05) is 6.42 Å². The minimum absolute atomic E-state index is 0.0675. The summed E-state index contributed by atoms with van der Waals surface area (Å²) in [7, 11) is 0. The summed E-state index contributed by atoms with van der Waals surface area (Å²) in [5.74, 6) is -1.89. The summed E-state index contributed by atoms with van der Waals surface area (Å²) in [6, 6.07) is 7.46. The average Bonchev–Trinajstić information content (AvgIpc) is 3.21. The first-order chi connectivity index (χ1) is 12.4. The molecule has 136 valence electrons. The molecule has 1 atom stereocenters. The maximum atomic E-state index is 13.0. The highest BCUT2D eigenvalue weighted by Crippen LogP contribution is 2.29. The van der Waals surface area contributed by atoms with Crippen LogP contribution in [-0.2, 0) is 9.59 Å². The summed E-state index contributed by atoms with van der Waals surface area (Å²) in [6.45, 7) is 1.49. The molecule has 0 fully saturated rings. The third kappa shape index (κ3) is 3.25. The molecule has 1 aromatic carbocycles. The summed E-state index contributed by atoms with van der Waals surface area (Å²) in [6.07, 6.45) is -3.02. The Hall–Kier alpha value is -3.30. The number of carboxylic acids is 1. The van der Waals surface area contributed by atoms with Crippen molar-refractivity contribution < 1.29 is 23.5 Å². The molecule has 10 heteroatoms. The molecule has 8 nitrogen and oxygen atoms in total. The monoisotopic (exact) mass is 363 g/mol. The minimum Gasteiger partial charge on any atom is -0.480 e. The van der Waals surface area contributed by atoms with Crippen molar-refractivity contribution in [2.45, 2.75) is 25.8 Å². The van der Waals surface area contributed by atoms with E-state index in [2.05, 4.69) is 20.6 Å². The number of aromatic nitrogens is 2. The van der Waals surface area contributed by atoms with E-state index in [1.54, 1.807) is 30.3 Å². The van der Waals surface area contributed by atoms with Gasteiger partial charge in [-0.3, -0.25) is 14.9 Å². The quantitative estimate of drug-likeness (QED) is 0.755. The highest BCUT2D eigenvalue weighted by Gasteiger charge is 2.36. The molecule has 0 bridgehead atoms. The van der Waals surface area contributed by atoms with Crippen LogP contribution >= 0.6 is 0 Å². The summed E-state index contributed by atoms with van der Waals surface area (Å²) in [4.78, 5) is 23.9. The van der Waals surface area contributed by atoms with Crippen LogP contribution in [0, 0.1) is 6.92 Å². The summed E-state index contributed by atoms with van der Waals surface area (Å²) < 4.78 is 25.9. The van der Waals surface area contributed by atoms with Gasteiger partial charge in [0.1, 0.15) is 5.71 Å². The number of carboxylic acid groups (broad SMARTS) is 1. The number of aryl methyl sites for hydroxylation is 1. The Balaban J connectivity index is 1.86. The molecule has 2 heterocycles. The lowest BCUT2D eigenvalue weighted by molar-refractivity contribution is -0.138. The average molecular weight is 363 g/mol. The lowest BCUT2D eigenvalue weighted by atomic mass is 10.1. The number of aromatic amines is 1. The fraction of sp³-hybridized carbons (Fsp3) is 0.250. The van der Waals surface area contributed by atoms with E-state index in [0.29, 0.717) is 5.69 Å². The second-order valence-corrected chi connectivity index (χ2v) is 5.65. The molecule has 26 heavy (non-hydrogen) atoms. The molecule has 0 saturated heterocycles. The van der Waals surface area contributed by atoms with Gasteiger partial charge in [-0.15, -0.1) is 0 Å². The molecule has 0 radical (unpaired) electrons. The van der Waals surface area contributed by atoms with Gasteiger partial charge in [-0.05, 0) is 19.1 Å². The van der Waals surface area contributed by atoms with Crippen LogP contribution in [0.4, 0.5) is 20.2 Å². The molecule has 1 aliphatic rings. The van der Waals surface area contributed by atoms with Crippen molar-refractivity contribution in [1.29, 1.82) is 0 Å². The molecule has 3 rings (SSSR count). The largest absolute Gasteiger partial charge is 0.480 e. The molecule has 0 saturated carbocycles. The van der Waals surface area contributed by atoms with Crippen molar-refractivity contribution in [1.82, 2.24) is 10.2 Å². The lowest BCUT2D eigenvalue weighted by Gasteiger charge is -2.19. The van der Waals surface area contributed by atoms with Crippen molar-refractivity contribution in [3.05, 3.63) is 41.7 Å². The van der Waals surface area contributed by atoms with Crippen LogP contribution < -0.4 is 10.3 Å². The Morgan fingerprint density at radius 3 is 2.65 bits per heavy atom. The minimum atomic E-state index is -2.87. The maximum absolute atomic E-state index is 13.0. The van der Waals surface area contributed by atoms with E-state index in [9.17, 15) is 23.5 Å². The Morgan fingerprint density at radius 2 is 2.04 bits per heavy atom. The zero-order valence-electron chi connectivity index (χ0n) is 13.6. The van der Waals surface area contributed by atoms with E-state index in [-0.39, 0.29) is 23.5 Å². The number of hydrogen-bond donors (Lipinski definition) is 3. The van der Waals surface area contributed by atoms with Crippen LogP contribution in [0.2, 0.25) is 0 Å². The molecule has 2 aromatic rings. The molecule has 1 amide bonds. The maximum Gasteiger partial charge on any atom is 0.328 e. The van der Waals surface area contributed by atoms with E-state index < -0.39 is 30.0 Å². The van der Waals surface area contributed by atoms with Gasteiger partial charge in [-0.2, -0.15) is 10.2 Å². The van der Waals surface area contributed by atoms with Gasteiger partial charge in [0.25, 0.3) is 12.3 Å². The number of hydrazone groups is 1. The van der Waals surface area contributed by atoms with E-state index in [0.717, 1.165) is 0 Å². The Bertz CT molecular complexity index is 866. The number of para-hydroxylation sites is 1. The smallest absolute Gasteiger partial charge is 0.328 e. The van der Waals surface area contributed by atoms with Crippen molar-refractivity contribution in [2.75, 3.05) is 10.3 Å². The third-order valence-electron chi connectivity index (χ3n) is 3.90. The number of nitrogens with one attached hydrogen (secondary N) is 2. The molecule has 1 aromatic heterocycles. The molecular formula is C16H15F2N5O3.